The highest BCUT2D eigenvalue weighted by Gasteiger charge is 2.70. The molecule has 3 fully saturated rings. The predicted octanol–water partition coefficient (Wildman–Crippen LogP) is 8.75. The van der Waals surface area contributed by atoms with Crippen molar-refractivity contribution in [2.24, 2.45) is 23.7 Å². The first kappa shape index (κ1) is 43.6. The summed E-state index contributed by atoms with van der Waals surface area (Å²) in [6.07, 6.45) is 6.18. The molecule has 5 aromatic carbocycles. The maximum atomic E-state index is 15.6. The molecule has 2 N–H and O–H groups in total. The van der Waals surface area contributed by atoms with Gasteiger partial charge >= 0.3 is 0 Å². The summed E-state index contributed by atoms with van der Waals surface area (Å²) in [5.41, 5.74) is 5.97. The monoisotopic (exact) mass is 913 g/mol. The summed E-state index contributed by atoms with van der Waals surface area (Å²) in [6.45, 7) is -0.0891. The molecule has 12 nitrogen and oxygen atoms in total. The highest BCUT2D eigenvalue weighted by atomic mass is 35.5. The van der Waals surface area contributed by atoms with Crippen LogP contribution in [-0.4, -0.2) is 68.3 Å². The lowest BCUT2D eigenvalue weighted by Gasteiger charge is -2.50. The number of nitrogens with zero attached hydrogens (tertiary/aromatic N) is 2. The maximum absolute atomic E-state index is 15.6. The second-order valence-corrected chi connectivity index (χ2v) is 17.2. The van der Waals surface area contributed by atoms with Gasteiger partial charge in [0.1, 0.15) is 29.6 Å². The summed E-state index contributed by atoms with van der Waals surface area (Å²) >= 11 is 12.8. The molecular formula is C51H45Cl2N3O9. The number of hydrogen-bond acceptors (Lipinski definition) is 10. The van der Waals surface area contributed by atoms with Gasteiger partial charge in [0.2, 0.25) is 11.8 Å². The minimum absolute atomic E-state index is 0.0857. The number of imide groups is 2. The van der Waals surface area contributed by atoms with Crippen LogP contribution in [0.25, 0.3) is 12.2 Å². The lowest BCUT2D eigenvalue weighted by atomic mass is 9.49. The molecule has 6 atom stereocenters. The zero-order valence-electron chi connectivity index (χ0n) is 35.7. The Balaban J connectivity index is 1.12. The fraction of sp³-hybridized carbons (Fsp3) is 0.255. The lowest BCUT2D eigenvalue weighted by Crippen LogP contribution is -2.53. The lowest BCUT2D eigenvalue weighted by molar-refractivity contribution is -0.138. The average Bonchev–Trinajstić information content (AvgIpc) is 3.71. The van der Waals surface area contributed by atoms with Crippen molar-refractivity contribution in [1.82, 2.24) is 5.01 Å². The van der Waals surface area contributed by atoms with Gasteiger partial charge in [-0.05, 0) is 108 Å². The van der Waals surface area contributed by atoms with E-state index in [0.29, 0.717) is 50.5 Å². The minimum atomic E-state index is -1.53. The molecule has 332 valence electrons. The Morgan fingerprint density at radius 2 is 1.46 bits per heavy atom. The Labute approximate surface area is 385 Å². The zero-order chi connectivity index (χ0) is 45.6. The standard InChI is InChI=1S/C51H45Cl2N3O9/c1-62-35-17-10-32(11-18-35)51-41(48(59)56(50(51)61)54-43-22-12-33(52)27-42(43)53)28-40-38(46(51)30-8-15-36(16-9-30)65-25-24-57)20-21-39-45(40)49(60)55(47(39)58)34-13-5-29(6-14-34)4-7-31-26-37(63-2)19-23-44(31)64-3/h4-20,22-23,26-27,39-41,45-46,54,57H,21,24-25,28H2,1-3H3. The molecule has 1 saturated carbocycles. The number of halogens is 2. The second-order valence-electron chi connectivity index (χ2n) is 16.4. The maximum Gasteiger partial charge on any atom is 0.260 e. The first-order chi connectivity index (χ1) is 31.5. The number of amides is 4. The topological polar surface area (TPSA) is 144 Å². The van der Waals surface area contributed by atoms with E-state index in [2.05, 4.69) is 5.43 Å². The summed E-state index contributed by atoms with van der Waals surface area (Å²) in [6, 6.07) is 31.8. The van der Waals surface area contributed by atoms with Gasteiger partial charge in [-0.1, -0.05) is 83.4 Å². The molecule has 4 aliphatic rings. The molecule has 14 heteroatoms. The summed E-state index contributed by atoms with van der Waals surface area (Å²) < 4.78 is 22.2. The Kier molecular flexibility index (Phi) is 11.9. The van der Waals surface area contributed by atoms with E-state index in [-0.39, 0.29) is 42.9 Å². The van der Waals surface area contributed by atoms with Crippen molar-refractivity contribution in [2.75, 3.05) is 44.9 Å². The Morgan fingerprint density at radius 3 is 2.14 bits per heavy atom. The van der Waals surface area contributed by atoms with Gasteiger partial charge in [0.05, 0.1) is 67.5 Å². The molecule has 0 spiro atoms. The van der Waals surface area contributed by atoms with E-state index < -0.39 is 46.8 Å². The van der Waals surface area contributed by atoms with Crippen LogP contribution in [0, 0.1) is 23.7 Å². The van der Waals surface area contributed by atoms with Gasteiger partial charge in [-0.15, -0.1) is 0 Å². The number of anilines is 2. The predicted molar refractivity (Wildman–Crippen MR) is 247 cm³/mol. The SMILES string of the molecule is COc1ccc(C23C(=O)N(Nc4ccc(Cl)cc4Cl)C(=O)C2CC2C(=CCC4C(=O)N(c5ccc(C=Cc6cc(OC)ccc6OC)cc5)C(=O)C42)C3c2ccc(OCCO)cc2)cc1. The summed E-state index contributed by atoms with van der Waals surface area (Å²) in [4.78, 5) is 61.4. The number of nitrogens with one attached hydrogen (secondary N) is 1. The van der Waals surface area contributed by atoms with Crippen LogP contribution in [0.1, 0.15) is 41.0 Å². The molecule has 2 aliphatic heterocycles. The summed E-state index contributed by atoms with van der Waals surface area (Å²) in [5, 5.41) is 11.1. The number of ether oxygens (including phenoxy) is 4. The van der Waals surface area contributed by atoms with Gasteiger partial charge in [0.15, 0.2) is 0 Å². The third-order valence-electron chi connectivity index (χ3n) is 13.2. The van der Waals surface area contributed by atoms with Crippen LogP contribution in [0.2, 0.25) is 10.0 Å². The molecule has 2 heterocycles. The molecule has 0 bridgehead atoms. The quantitative estimate of drug-likeness (QED) is 0.0669. The van der Waals surface area contributed by atoms with Crippen LogP contribution in [0.15, 0.2) is 121 Å². The zero-order valence-corrected chi connectivity index (χ0v) is 37.2. The van der Waals surface area contributed by atoms with E-state index in [9.17, 15) is 14.7 Å². The number of methoxy groups -OCH3 is 3. The van der Waals surface area contributed by atoms with Gasteiger partial charge in [-0.25, -0.2) is 0 Å². The average molecular weight is 915 g/mol. The number of fused-ring (bicyclic) bond motifs is 4. The highest BCUT2D eigenvalue weighted by Crippen LogP contribution is 2.64. The van der Waals surface area contributed by atoms with Crippen LogP contribution in [0.3, 0.4) is 0 Å². The Morgan fingerprint density at radius 1 is 0.754 bits per heavy atom. The van der Waals surface area contributed by atoms with Crippen LogP contribution >= 0.6 is 23.2 Å². The molecule has 5 aromatic rings. The first-order valence-corrected chi connectivity index (χ1v) is 21.9. The van der Waals surface area contributed by atoms with Gasteiger partial charge in [-0.2, -0.15) is 5.01 Å². The molecule has 65 heavy (non-hydrogen) atoms. The van der Waals surface area contributed by atoms with Crippen molar-refractivity contribution >= 4 is 70.4 Å². The van der Waals surface area contributed by atoms with Crippen LogP contribution < -0.4 is 29.3 Å². The fourth-order valence-corrected chi connectivity index (χ4v) is 10.7. The molecule has 4 amide bonds. The van der Waals surface area contributed by atoms with E-state index in [1.807, 2.05) is 72.8 Å². The third-order valence-corrected chi connectivity index (χ3v) is 13.7. The molecule has 2 saturated heterocycles. The fourth-order valence-electron chi connectivity index (χ4n) is 10.3. The van der Waals surface area contributed by atoms with Crippen LogP contribution in [0.4, 0.5) is 11.4 Å². The van der Waals surface area contributed by atoms with E-state index >= 15 is 9.59 Å². The van der Waals surface area contributed by atoms with Crippen molar-refractivity contribution in [3.63, 3.8) is 0 Å². The molecule has 2 aliphatic carbocycles. The third kappa shape index (κ3) is 7.49. The van der Waals surface area contributed by atoms with Gasteiger partial charge < -0.3 is 24.1 Å². The van der Waals surface area contributed by atoms with E-state index in [0.717, 1.165) is 21.7 Å². The summed E-state index contributed by atoms with van der Waals surface area (Å²) in [5.74, 6) is -3.11. The molecule has 0 radical (unpaired) electrons. The second kappa shape index (κ2) is 17.8. The van der Waals surface area contributed by atoms with Crippen molar-refractivity contribution in [1.29, 1.82) is 0 Å². The van der Waals surface area contributed by atoms with E-state index in [1.54, 1.807) is 69.9 Å². The number of hydrogen-bond donors (Lipinski definition) is 2. The normalized spacial score (nSPS) is 23.5. The van der Waals surface area contributed by atoms with E-state index in [1.165, 1.54) is 11.0 Å². The Bertz CT molecular complexity index is 2740. The van der Waals surface area contributed by atoms with E-state index in [4.69, 9.17) is 42.1 Å². The minimum Gasteiger partial charge on any atom is -0.497 e. The molecule has 9 rings (SSSR count). The number of hydrazine groups is 1. The number of allylic oxidation sites excluding steroid dienone is 2. The first-order valence-electron chi connectivity index (χ1n) is 21.2. The van der Waals surface area contributed by atoms with Crippen molar-refractivity contribution in [3.05, 3.63) is 153 Å². The van der Waals surface area contributed by atoms with Crippen molar-refractivity contribution < 1.29 is 43.2 Å². The number of rotatable bonds is 13. The Hall–Kier alpha value is -6.60. The molecule has 6 unspecified atom stereocenters. The molecular weight excluding hydrogens is 869 g/mol. The smallest absolute Gasteiger partial charge is 0.260 e. The number of aliphatic hydroxyl groups is 1. The largest absolute Gasteiger partial charge is 0.497 e. The highest BCUT2D eigenvalue weighted by molar-refractivity contribution is 6.36. The van der Waals surface area contributed by atoms with Crippen molar-refractivity contribution in [3.8, 4) is 23.0 Å². The number of benzene rings is 5. The number of carbonyl (C=O) groups excluding carboxylic acids is 4. The summed E-state index contributed by atoms with van der Waals surface area (Å²) in [7, 11) is 4.75. The number of carbonyl (C=O) groups is 4. The van der Waals surface area contributed by atoms with Gasteiger partial charge in [0, 0.05) is 16.5 Å². The molecule has 0 aromatic heterocycles. The van der Waals surface area contributed by atoms with Gasteiger partial charge in [0.25, 0.3) is 11.8 Å². The van der Waals surface area contributed by atoms with Gasteiger partial charge in [-0.3, -0.25) is 29.5 Å². The van der Waals surface area contributed by atoms with Crippen molar-refractivity contribution in [2.45, 2.75) is 24.2 Å². The van der Waals surface area contributed by atoms with Crippen LogP contribution in [0.5, 0.6) is 23.0 Å². The number of aliphatic hydroxyl groups excluding tert-OH is 1. The van der Waals surface area contributed by atoms with Crippen LogP contribution in [-0.2, 0) is 24.6 Å².